The lowest BCUT2D eigenvalue weighted by molar-refractivity contribution is -0.418. The van der Waals surface area contributed by atoms with Crippen molar-refractivity contribution in [2.75, 3.05) is 5.32 Å². The number of nitrogens with zero attached hydrogens (tertiary/aromatic N) is 1. The van der Waals surface area contributed by atoms with E-state index in [1.165, 1.54) is 6.92 Å². The molecule has 1 aliphatic rings. The maximum atomic E-state index is 11.0. The number of carbonyl (C=O) groups is 1. The fourth-order valence-electron chi connectivity index (χ4n) is 2.07. The fraction of sp³-hybridized carbons (Fsp3) is 0.214. The maximum absolute atomic E-state index is 11.0. The number of anilines is 1. The predicted molar refractivity (Wildman–Crippen MR) is 73.0 cm³/mol. The average molecular weight is 258 g/mol. The van der Waals surface area contributed by atoms with Crippen LogP contribution in [0.1, 0.15) is 25.3 Å². The second-order valence-corrected chi connectivity index (χ2v) is 4.32. The van der Waals surface area contributed by atoms with E-state index in [1.807, 2.05) is 6.08 Å². The third kappa shape index (κ3) is 3.07. The fourth-order valence-corrected chi connectivity index (χ4v) is 2.07. The Morgan fingerprint density at radius 1 is 1.32 bits per heavy atom. The summed E-state index contributed by atoms with van der Waals surface area (Å²) in [4.78, 5) is 21.6. The Kier molecular flexibility index (Phi) is 3.75. The highest BCUT2D eigenvalue weighted by molar-refractivity contribution is 5.88. The highest BCUT2D eigenvalue weighted by Crippen LogP contribution is 2.29. The van der Waals surface area contributed by atoms with Crippen LogP contribution in [-0.4, -0.2) is 10.8 Å². The van der Waals surface area contributed by atoms with Crippen molar-refractivity contribution in [2.45, 2.75) is 19.8 Å². The number of allylic oxidation sites excluding steroid dienone is 3. The number of hydrogen-bond donors (Lipinski definition) is 1. The van der Waals surface area contributed by atoms with Gasteiger partial charge in [-0.2, -0.15) is 0 Å². The number of nitro groups is 1. The molecule has 5 heteroatoms. The number of carbonyl (C=O) groups excluding carboxylic acids is 1. The molecule has 1 N–H and O–H groups in total. The second-order valence-electron chi connectivity index (χ2n) is 4.32. The van der Waals surface area contributed by atoms with Gasteiger partial charge in [0.05, 0.1) is 4.92 Å². The molecule has 5 nitrogen and oxygen atoms in total. The Labute approximate surface area is 110 Å². The van der Waals surface area contributed by atoms with Crippen LogP contribution in [0.5, 0.6) is 0 Å². The zero-order valence-electron chi connectivity index (χ0n) is 10.6. The smallest absolute Gasteiger partial charge is 0.272 e. The third-order valence-corrected chi connectivity index (χ3v) is 2.90. The van der Waals surface area contributed by atoms with Crippen molar-refractivity contribution < 1.29 is 9.72 Å². The van der Waals surface area contributed by atoms with Crippen molar-refractivity contribution in [2.24, 2.45) is 0 Å². The van der Waals surface area contributed by atoms with Crippen molar-refractivity contribution in [3.05, 3.63) is 57.8 Å². The minimum atomic E-state index is -0.354. The highest BCUT2D eigenvalue weighted by atomic mass is 16.6. The summed E-state index contributed by atoms with van der Waals surface area (Å²) in [5.41, 5.74) is 2.40. The van der Waals surface area contributed by atoms with E-state index in [1.54, 1.807) is 30.3 Å². The van der Waals surface area contributed by atoms with Gasteiger partial charge < -0.3 is 5.32 Å². The molecular weight excluding hydrogens is 244 g/mol. The molecule has 0 aliphatic heterocycles. The Balaban J connectivity index is 2.33. The van der Waals surface area contributed by atoms with Gasteiger partial charge in [-0.25, -0.2) is 0 Å². The number of amides is 1. The number of nitrogens with one attached hydrogen (secondary N) is 1. The molecule has 0 radical (unpaired) electrons. The molecule has 0 spiro atoms. The molecule has 19 heavy (non-hydrogen) atoms. The molecule has 0 atom stereocenters. The van der Waals surface area contributed by atoms with Gasteiger partial charge >= 0.3 is 0 Å². The van der Waals surface area contributed by atoms with E-state index < -0.39 is 0 Å². The summed E-state index contributed by atoms with van der Waals surface area (Å²) in [5.74, 6) is -0.140. The molecule has 1 amide bonds. The van der Waals surface area contributed by atoms with Crippen LogP contribution >= 0.6 is 0 Å². The van der Waals surface area contributed by atoms with Gasteiger partial charge in [0.15, 0.2) is 0 Å². The standard InChI is InChI=1S/C14H14N2O3/c1-10(17)15-12-8-6-11(7-9-12)13-4-2-3-5-14(13)16(18)19/h3,5-9H,2,4H2,1H3,(H,15,17). The molecule has 0 unspecified atom stereocenters. The quantitative estimate of drug-likeness (QED) is 0.669. The van der Waals surface area contributed by atoms with Gasteiger partial charge in [0.2, 0.25) is 5.91 Å². The molecular formula is C14H14N2O3. The summed E-state index contributed by atoms with van der Waals surface area (Å²) >= 11 is 0. The molecule has 1 aromatic rings. The Hall–Kier alpha value is -2.43. The SMILES string of the molecule is CC(=O)Nc1ccc(C2=C([N+](=O)[O-])C=CCC2)cc1. The molecule has 0 fully saturated rings. The Bertz CT molecular complexity index is 571. The zero-order valence-corrected chi connectivity index (χ0v) is 10.6. The van der Waals surface area contributed by atoms with Crippen LogP contribution in [0.2, 0.25) is 0 Å². The number of hydrogen-bond acceptors (Lipinski definition) is 3. The molecule has 0 saturated carbocycles. The van der Waals surface area contributed by atoms with Crippen LogP contribution in [0.25, 0.3) is 5.57 Å². The van der Waals surface area contributed by atoms with Gasteiger partial charge in [0.1, 0.15) is 0 Å². The summed E-state index contributed by atoms with van der Waals surface area (Å²) in [5, 5.41) is 13.7. The van der Waals surface area contributed by atoms with Gasteiger partial charge in [0.25, 0.3) is 5.70 Å². The molecule has 0 saturated heterocycles. The van der Waals surface area contributed by atoms with E-state index in [0.717, 1.165) is 17.6 Å². The van der Waals surface area contributed by atoms with Gasteiger partial charge in [0, 0.05) is 24.3 Å². The maximum Gasteiger partial charge on any atom is 0.272 e. The van der Waals surface area contributed by atoms with E-state index in [4.69, 9.17) is 0 Å². The molecule has 0 aromatic heterocycles. The second kappa shape index (κ2) is 5.48. The average Bonchev–Trinajstić information content (AvgIpc) is 2.39. The van der Waals surface area contributed by atoms with Gasteiger partial charge in [-0.3, -0.25) is 14.9 Å². The first-order valence-corrected chi connectivity index (χ1v) is 6.00. The minimum Gasteiger partial charge on any atom is -0.326 e. The monoisotopic (exact) mass is 258 g/mol. The van der Waals surface area contributed by atoms with E-state index in [0.29, 0.717) is 12.1 Å². The van der Waals surface area contributed by atoms with Crippen LogP contribution in [0.4, 0.5) is 5.69 Å². The van der Waals surface area contributed by atoms with E-state index in [-0.39, 0.29) is 16.5 Å². The zero-order chi connectivity index (χ0) is 13.8. The predicted octanol–water partition coefficient (Wildman–Crippen LogP) is 2.98. The lowest BCUT2D eigenvalue weighted by Gasteiger charge is -2.11. The third-order valence-electron chi connectivity index (χ3n) is 2.90. The molecule has 1 aromatic carbocycles. The normalized spacial score (nSPS) is 14.4. The van der Waals surface area contributed by atoms with Crippen LogP contribution in [0.3, 0.4) is 0 Å². The summed E-state index contributed by atoms with van der Waals surface area (Å²) in [7, 11) is 0. The first-order chi connectivity index (χ1) is 9.08. The summed E-state index contributed by atoms with van der Waals surface area (Å²) in [6.45, 7) is 1.44. The Morgan fingerprint density at radius 2 is 2.00 bits per heavy atom. The van der Waals surface area contributed by atoms with Crippen LogP contribution < -0.4 is 5.32 Å². The Morgan fingerprint density at radius 3 is 2.58 bits per heavy atom. The van der Waals surface area contributed by atoms with Crippen molar-refractivity contribution in [3.8, 4) is 0 Å². The van der Waals surface area contributed by atoms with Gasteiger partial charge in [-0.05, 0) is 30.5 Å². The van der Waals surface area contributed by atoms with Crippen molar-refractivity contribution in [1.82, 2.24) is 0 Å². The minimum absolute atomic E-state index is 0.140. The topological polar surface area (TPSA) is 72.2 Å². The summed E-state index contributed by atoms with van der Waals surface area (Å²) < 4.78 is 0. The van der Waals surface area contributed by atoms with Gasteiger partial charge in [-0.15, -0.1) is 0 Å². The molecule has 2 rings (SSSR count). The van der Waals surface area contributed by atoms with Crippen molar-refractivity contribution >= 4 is 17.2 Å². The van der Waals surface area contributed by atoms with E-state index >= 15 is 0 Å². The first-order valence-electron chi connectivity index (χ1n) is 6.00. The van der Waals surface area contributed by atoms with Crippen molar-refractivity contribution in [1.29, 1.82) is 0 Å². The highest BCUT2D eigenvalue weighted by Gasteiger charge is 2.19. The van der Waals surface area contributed by atoms with Gasteiger partial charge in [-0.1, -0.05) is 18.2 Å². The first kappa shape index (κ1) is 13.0. The van der Waals surface area contributed by atoms with Crippen LogP contribution in [0.15, 0.2) is 42.1 Å². The lowest BCUT2D eigenvalue weighted by Crippen LogP contribution is -2.06. The van der Waals surface area contributed by atoms with E-state index in [9.17, 15) is 14.9 Å². The van der Waals surface area contributed by atoms with Crippen molar-refractivity contribution in [3.63, 3.8) is 0 Å². The molecule has 0 bridgehead atoms. The lowest BCUT2D eigenvalue weighted by atomic mass is 9.95. The van der Waals surface area contributed by atoms with Crippen LogP contribution in [0, 0.1) is 10.1 Å². The largest absolute Gasteiger partial charge is 0.326 e. The summed E-state index contributed by atoms with van der Waals surface area (Å²) in [6.07, 6.45) is 4.83. The van der Waals surface area contributed by atoms with Crippen LogP contribution in [-0.2, 0) is 4.79 Å². The molecule has 0 heterocycles. The van der Waals surface area contributed by atoms with E-state index in [2.05, 4.69) is 5.32 Å². The molecule has 98 valence electrons. The molecule has 1 aliphatic carbocycles. The number of benzene rings is 1. The summed E-state index contributed by atoms with van der Waals surface area (Å²) in [6, 6.07) is 7.09. The number of rotatable bonds is 3.